The third-order valence-corrected chi connectivity index (χ3v) is 6.46. The summed E-state index contributed by atoms with van der Waals surface area (Å²) in [6.07, 6.45) is 4.27. The predicted molar refractivity (Wildman–Crippen MR) is 94.2 cm³/mol. The number of carboxylic acid groups (broad SMARTS) is 1. The standard InChI is InChI=1S/C15H24O2.C3H3NO2S/c1-6-10(2)13(16)17-12-9-11-7-8-15(12,5)14(11,3)4;4-2-7-1-3(5)6/h11-12H,2,6-9H2,1,3-5H3;1H2,(H,5,6)/t11-,12?,15-;/m1./s1. The molecule has 5 nitrogen and oxygen atoms in total. The van der Waals surface area contributed by atoms with Crippen LogP contribution in [0.1, 0.15) is 53.4 Å². The lowest BCUT2D eigenvalue weighted by atomic mass is 9.70. The Morgan fingerprint density at radius 1 is 1.42 bits per heavy atom. The molecule has 3 atom stereocenters. The van der Waals surface area contributed by atoms with Gasteiger partial charge in [0.05, 0.1) is 0 Å². The zero-order valence-corrected chi connectivity index (χ0v) is 15.7. The van der Waals surface area contributed by atoms with Crippen molar-refractivity contribution < 1.29 is 19.4 Å². The molecule has 2 saturated carbocycles. The number of aliphatic carboxylic acids is 1. The van der Waals surface area contributed by atoms with Gasteiger partial charge in [-0.15, -0.1) is 0 Å². The van der Waals surface area contributed by atoms with Crippen molar-refractivity contribution in [3.63, 3.8) is 0 Å². The number of nitriles is 1. The average Bonchev–Trinajstić information content (AvgIpc) is 2.85. The minimum Gasteiger partial charge on any atom is -0.481 e. The summed E-state index contributed by atoms with van der Waals surface area (Å²) in [6, 6.07) is 0. The highest BCUT2D eigenvalue weighted by atomic mass is 32.2. The molecular formula is C18H27NO4S. The maximum Gasteiger partial charge on any atom is 0.333 e. The summed E-state index contributed by atoms with van der Waals surface area (Å²) >= 11 is 0.722. The second-order valence-electron chi connectivity index (χ2n) is 7.24. The minimum atomic E-state index is -0.952. The van der Waals surface area contributed by atoms with E-state index >= 15 is 0 Å². The van der Waals surface area contributed by atoms with Gasteiger partial charge in [-0.3, -0.25) is 4.79 Å². The molecule has 1 N–H and O–H groups in total. The molecule has 2 bridgehead atoms. The van der Waals surface area contributed by atoms with Gasteiger partial charge in [-0.2, -0.15) is 5.26 Å². The first-order valence-electron chi connectivity index (χ1n) is 8.21. The lowest BCUT2D eigenvalue weighted by Gasteiger charge is -2.38. The number of hydrogen-bond donors (Lipinski definition) is 1. The molecule has 134 valence electrons. The number of carbonyl (C=O) groups is 2. The molecular weight excluding hydrogens is 326 g/mol. The van der Waals surface area contributed by atoms with Crippen LogP contribution in [0.5, 0.6) is 0 Å². The van der Waals surface area contributed by atoms with Crippen LogP contribution in [0.2, 0.25) is 0 Å². The van der Waals surface area contributed by atoms with Crippen molar-refractivity contribution in [1.82, 2.24) is 0 Å². The van der Waals surface area contributed by atoms with Gasteiger partial charge in [0.2, 0.25) is 0 Å². The molecule has 0 aromatic heterocycles. The fourth-order valence-corrected chi connectivity index (χ4v) is 3.95. The van der Waals surface area contributed by atoms with Crippen molar-refractivity contribution in [2.75, 3.05) is 5.75 Å². The van der Waals surface area contributed by atoms with E-state index in [1.165, 1.54) is 12.8 Å². The Morgan fingerprint density at radius 2 is 2.04 bits per heavy atom. The van der Waals surface area contributed by atoms with Crippen molar-refractivity contribution in [2.45, 2.75) is 59.5 Å². The summed E-state index contributed by atoms with van der Waals surface area (Å²) in [7, 11) is 0. The van der Waals surface area contributed by atoms with Crippen molar-refractivity contribution in [2.24, 2.45) is 16.7 Å². The van der Waals surface area contributed by atoms with Crippen molar-refractivity contribution in [1.29, 1.82) is 5.26 Å². The molecule has 0 saturated heterocycles. The number of nitrogens with zero attached hydrogens (tertiary/aromatic N) is 1. The van der Waals surface area contributed by atoms with Crippen LogP contribution in [0, 0.1) is 27.4 Å². The number of ether oxygens (including phenoxy) is 1. The van der Waals surface area contributed by atoms with Gasteiger partial charge in [0.1, 0.15) is 17.3 Å². The van der Waals surface area contributed by atoms with Crippen LogP contribution in [-0.2, 0) is 14.3 Å². The summed E-state index contributed by atoms with van der Waals surface area (Å²) in [5.41, 5.74) is 1.04. The van der Waals surface area contributed by atoms with E-state index in [1.807, 2.05) is 6.92 Å². The molecule has 2 aliphatic rings. The van der Waals surface area contributed by atoms with Gasteiger partial charge >= 0.3 is 11.9 Å². The van der Waals surface area contributed by atoms with Crippen LogP contribution in [0.3, 0.4) is 0 Å². The lowest BCUT2D eigenvalue weighted by Crippen LogP contribution is -2.38. The molecule has 0 heterocycles. The third-order valence-electron chi connectivity index (χ3n) is 5.94. The van der Waals surface area contributed by atoms with E-state index in [-0.39, 0.29) is 23.2 Å². The zero-order valence-electron chi connectivity index (χ0n) is 14.9. The first-order chi connectivity index (χ1) is 11.1. The number of hydrogen-bond acceptors (Lipinski definition) is 5. The van der Waals surface area contributed by atoms with E-state index in [2.05, 4.69) is 27.4 Å². The van der Waals surface area contributed by atoms with E-state index in [1.54, 1.807) is 5.40 Å². The smallest absolute Gasteiger partial charge is 0.333 e. The first kappa shape index (κ1) is 20.6. The Morgan fingerprint density at radius 3 is 2.38 bits per heavy atom. The van der Waals surface area contributed by atoms with Gasteiger partial charge in [-0.25, -0.2) is 4.79 Å². The Bertz CT molecular complexity index is 552. The molecule has 0 aromatic rings. The number of carbonyl (C=O) groups excluding carboxylic acids is 1. The highest BCUT2D eigenvalue weighted by Gasteiger charge is 2.62. The van der Waals surface area contributed by atoms with E-state index in [4.69, 9.17) is 15.1 Å². The first-order valence-corrected chi connectivity index (χ1v) is 9.20. The molecule has 0 aromatic carbocycles. The SMILES string of the molecule is C=C(CC)C(=O)OC1C[C@H]2CC[C@@]1(C)C2(C)C.N#CSCC(=O)O. The normalized spacial score (nSPS) is 29.1. The Balaban J connectivity index is 0.000000351. The number of esters is 1. The number of rotatable bonds is 5. The second kappa shape index (κ2) is 8.06. The second-order valence-corrected chi connectivity index (χ2v) is 8.00. The van der Waals surface area contributed by atoms with Crippen LogP contribution in [0.15, 0.2) is 12.2 Å². The van der Waals surface area contributed by atoms with Crippen LogP contribution >= 0.6 is 11.8 Å². The topological polar surface area (TPSA) is 87.4 Å². The fourth-order valence-electron chi connectivity index (χ4n) is 3.76. The monoisotopic (exact) mass is 353 g/mol. The third kappa shape index (κ3) is 4.13. The molecule has 0 spiro atoms. The maximum atomic E-state index is 11.8. The van der Waals surface area contributed by atoms with Crippen molar-refractivity contribution >= 4 is 23.7 Å². The molecule has 6 heteroatoms. The number of thioether (sulfide) groups is 1. The van der Waals surface area contributed by atoms with E-state index in [0.29, 0.717) is 23.3 Å². The zero-order chi connectivity index (χ0) is 18.5. The van der Waals surface area contributed by atoms with Crippen LogP contribution in [-0.4, -0.2) is 28.9 Å². The van der Waals surface area contributed by atoms with Gasteiger partial charge in [0.15, 0.2) is 0 Å². The van der Waals surface area contributed by atoms with Crippen molar-refractivity contribution in [3.8, 4) is 5.40 Å². The average molecular weight is 353 g/mol. The molecule has 0 radical (unpaired) electrons. The fraction of sp³-hybridized carbons (Fsp3) is 0.722. The quantitative estimate of drug-likeness (QED) is 0.457. The molecule has 0 amide bonds. The van der Waals surface area contributed by atoms with Gasteiger partial charge < -0.3 is 9.84 Å². The minimum absolute atomic E-state index is 0.0899. The van der Waals surface area contributed by atoms with Gasteiger partial charge in [0.25, 0.3) is 0 Å². The summed E-state index contributed by atoms with van der Waals surface area (Å²) in [4.78, 5) is 21.4. The largest absolute Gasteiger partial charge is 0.481 e. The number of carboxylic acids is 1. The summed E-state index contributed by atoms with van der Waals surface area (Å²) < 4.78 is 5.70. The van der Waals surface area contributed by atoms with Gasteiger partial charge in [-0.05, 0) is 48.8 Å². The predicted octanol–water partition coefficient (Wildman–Crippen LogP) is 4.00. The maximum absolute atomic E-state index is 11.8. The molecule has 0 aliphatic heterocycles. The van der Waals surface area contributed by atoms with Crippen LogP contribution in [0.4, 0.5) is 0 Å². The Kier molecular flexibility index (Phi) is 6.91. The number of thiocyanates is 1. The van der Waals surface area contributed by atoms with E-state index in [0.717, 1.165) is 18.2 Å². The van der Waals surface area contributed by atoms with Gasteiger partial charge in [-0.1, -0.05) is 34.3 Å². The molecule has 24 heavy (non-hydrogen) atoms. The number of fused-ring (bicyclic) bond motifs is 2. The summed E-state index contributed by atoms with van der Waals surface area (Å²) in [6.45, 7) is 12.6. The molecule has 2 rings (SSSR count). The lowest BCUT2D eigenvalue weighted by molar-refractivity contribution is -0.152. The Hall–Kier alpha value is -1.48. The highest BCUT2D eigenvalue weighted by molar-refractivity contribution is 8.04. The molecule has 2 fully saturated rings. The van der Waals surface area contributed by atoms with Crippen LogP contribution < -0.4 is 0 Å². The van der Waals surface area contributed by atoms with Gasteiger partial charge in [0, 0.05) is 11.0 Å². The van der Waals surface area contributed by atoms with E-state index < -0.39 is 5.97 Å². The van der Waals surface area contributed by atoms with Crippen LogP contribution in [0.25, 0.3) is 0 Å². The molecule has 1 unspecified atom stereocenters. The summed E-state index contributed by atoms with van der Waals surface area (Å²) in [5, 5.41) is 17.3. The van der Waals surface area contributed by atoms with Crippen molar-refractivity contribution in [3.05, 3.63) is 12.2 Å². The summed E-state index contributed by atoms with van der Waals surface area (Å²) in [5.74, 6) is -0.565. The Labute approximate surface area is 148 Å². The van der Waals surface area contributed by atoms with E-state index in [9.17, 15) is 9.59 Å². The molecule has 2 aliphatic carbocycles. The highest BCUT2D eigenvalue weighted by Crippen LogP contribution is 2.66.